The van der Waals surface area contributed by atoms with E-state index in [-0.39, 0.29) is 31.9 Å². The molecule has 10 heteroatoms. The molecular formula is C28H30Cl2F3NO4. The predicted octanol–water partition coefficient (Wildman–Crippen LogP) is 6.48. The number of nitrogens with zero attached hydrogens (tertiary/aromatic N) is 1. The number of hydrogen-bond donors (Lipinski definition) is 0. The van der Waals surface area contributed by atoms with Crippen LogP contribution in [0.4, 0.5) is 13.2 Å². The molecule has 2 aromatic carbocycles. The standard InChI is InChI=1S/C28H30Cl2F3NO4/c1-17(2)21(27(37)28(31,32)33)14-25(35)24-13-20(38-16-19-6-4-3-5-7-19)15-34(24)26(36)11-9-18-8-10-22(29)23(30)12-18/h3-8,10,12,17,20-21,24H,9,11,13-16H2,1-2H3/t20-,21+,24+/m1/s1. The number of likely N-dealkylation sites (tertiary alicyclic amines) is 1. The maximum Gasteiger partial charge on any atom is 0.450 e. The zero-order chi connectivity index (χ0) is 28.0. The van der Waals surface area contributed by atoms with E-state index in [1.807, 2.05) is 30.3 Å². The second kappa shape index (κ2) is 13.1. The first-order valence-corrected chi connectivity index (χ1v) is 13.1. The van der Waals surface area contributed by atoms with Crippen LogP contribution in [0.1, 0.15) is 44.2 Å². The number of Topliss-reactive ketones (excluding diaryl/α,β-unsaturated/α-hetero) is 2. The highest BCUT2D eigenvalue weighted by Gasteiger charge is 2.47. The molecule has 0 saturated carbocycles. The molecule has 206 valence electrons. The van der Waals surface area contributed by atoms with Crippen LogP contribution in [0.15, 0.2) is 48.5 Å². The van der Waals surface area contributed by atoms with Crippen molar-refractivity contribution < 1.29 is 32.3 Å². The van der Waals surface area contributed by atoms with E-state index in [0.717, 1.165) is 11.1 Å². The molecule has 1 aliphatic heterocycles. The number of amides is 1. The van der Waals surface area contributed by atoms with E-state index in [2.05, 4.69) is 0 Å². The fourth-order valence-electron chi connectivity index (χ4n) is 4.57. The maximum absolute atomic E-state index is 13.3. The lowest BCUT2D eigenvalue weighted by Crippen LogP contribution is -2.43. The Morgan fingerprint density at radius 1 is 1.03 bits per heavy atom. The van der Waals surface area contributed by atoms with E-state index in [9.17, 15) is 27.6 Å². The third-order valence-electron chi connectivity index (χ3n) is 6.74. The van der Waals surface area contributed by atoms with E-state index >= 15 is 0 Å². The molecule has 3 atom stereocenters. The van der Waals surface area contributed by atoms with Crippen LogP contribution in [0.3, 0.4) is 0 Å². The number of halogens is 5. The molecule has 0 spiro atoms. The molecule has 5 nitrogen and oxygen atoms in total. The van der Waals surface area contributed by atoms with Crippen molar-refractivity contribution in [1.29, 1.82) is 0 Å². The summed E-state index contributed by atoms with van der Waals surface area (Å²) < 4.78 is 45.5. The van der Waals surface area contributed by atoms with E-state index in [1.54, 1.807) is 18.2 Å². The van der Waals surface area contributed by atoms with Crippen LogP contribution in [-0.4, -0.2) is 47.2 Å². The lowest BCUT2D eigenvalue weighted by Gasteiger charge is -2.26. The maximum atomic E-state index is 13.3. The molecule has 1 fully saturated rings. The van der Waals surface area contributed by atoms with Crippen molar-refractivity contribution in [2.24, 2.45) is 11.8 Å². The average molecular weight is 572 g/mol. The highest BCUT2D eigenvalue weighted by atomic mass is 35.5. The highest BCUT2D eigenvalue weighted by Crippen LogP contribution is 2.31. The molecule has 3 rings (SSSR count). The van der Waals surface area contributed by atoms with Gasteiger partial charge in [-0.2, -0.15) is 13.2 Å². The molecule has 0 bridgehead atoms. The zero-order valence-electron chi connectivity index (χ0n) is 21.1. The van der Waals surface area contributed by atoms with Gasteiger partial charge in [0.05, 0.1) is 28.8 Å². The summed E-state index contributed by atoms with van der Waals surface area (Å²) in [6.45, 7) is 3.34. The summed E-state index contributed by atoms with van der Waals surface area (Å²) in [4.78, 5) is 39.9. The van der Waals surface area contributed by atoms with Crippen molar-refractivity contribution in [3.63, 3.8) is 0 Å². The van der Waals surface area contributed by atoms with Crippen LogP contribution in [-0.2, 0) is 32.1 Å². The zero-order valence-corrected chi connectivity index (χ0v) is 22.7. The van der Waals surface area contributed by atoms with Crippen molar-refractivity contribution in [3.8, 4) is 0 Å². The van der Waals surface area contributed by atoms with Gasteiger partial charge in [0, 0.05) is 31.7 Å². The SMILES string of the molecule is CC(C)[C@H](CC(=O)[C@@H]1C[C@@H](OCc2ccccc2)CN1C(=O)CCc1ccc(Cl)c(Cl)c1)C(=O)C(F)(F)F. The van der Waals surface area contributed by atoms with E-state index < -0.39 is 48.1 Å². The quantitative estimate of drug-likeness (QED) is 0.310. The number of ketones is 2. The number of carbonyl (C=O) groups is 3. The first-order valence-electron chi connectivity index (χ1n) is 12.4. The summed E-state index contributed by atoms with van der Waals surface area (Å²) in [6, 6.07) is 13.4. The van der Waals surface area contributed by atoms with Crippen molar-refractivity contribution in [1.82, 2.24) is 4.90 Å². The van der Waals surface area contributed by atoms with Crippen LogP contribution in [0.25, 0.3) is 0 Å². The summed E-state index contributed by atoms with van der Waals surface area (Å²) in [5.74, 6) is -5.04. The molecular weight excluding hydrogens is 542 g/mol. The number of hydrogen-bond acceptors (Lipinski definition) is 4. The Kier molecular flexibility index (Phi) is 10.4. The van der Waals surface area contributed by atoms with Crippen molar-refractivity contribution >= 4 is 40.7 Å². The Hall–Kier alpha value is -2.42. The molecule has 0 N–H and O–H groups in total. The van der Waals surface area contributed by atoms with Gasteiger partial charge in [-0.05, 0) is 35.6 Å². The van der Waals surface area contributed by atoms with Gasteiger partial charge in [0.2, 0.25) is 11.7 Å². The third-order valence-corrected chi connectivity index (χ3v) is 7.48. The van der Waals surface area contributed by atoms with Crippen LogP contribution < -0.4 is 0 Å². The van der Waals surface area contributed by atoms with Crippen LogP contribution in [0.5, 0.6) is 0 Å². The van der Waals surface area contributed by atoms with Crippen molar-refractivity contribution in [3.05, 3.63) is 69.7 Å². The van der Waals surface area contributed by atoms with Gasteiger partial charge in [-0.1, -0.05) is 73.4 Å². The van der Waals surface area contributed by atoms with Gasteiger partial charge in [-0.15, -0.1) is 0 Å². The molecule has 2 aromatic rings. The van der Waals surface area contributed by atoms with E-state index in [1.165, 1.54) is 18.7 Å². The number of benzene rings is 2. The summed E-state index contributed by atoms with van der Waals surface area (Å²) in [5, 5.41) is 0.743. The van der Waals surface area contributed by atoms with Gasteiger partial charge < -0.3 is 9.64 Å². The lowest BCUT2D eigenvalue weighted by molar-refractivity contribution is -0.177. The number of carbonyl (C=O) groups excluding carboxylic acids is 3. The molecule has 0 radical (unpaired) electrons. The number of alkyl halides is 3. The second-order valence-electron chi connectivity index (χ2n) is 9.85. The van der Waals surface area contributed by atoms with Crippen LogP contribution in [0, 0.1) is 11.8 Å². The van der Waals surface area contributed by atoms with E-state index in [4.69, 9.17) is 27.9 Å². The van der Waals surface area contributed by atoms with E-state index in [0.29, 0.717) is 16.5 Å². The summed E-state index contributed by atoms with van der Waals surface area (Å²) in [6.07, 6.45) is -5.57. The van der Waals surface area contributed by atoms with Gasteiger partial charge >= 0.3 is 6.18 Å². The number of ether oxygens (including phenoxy) is 1. The molecule has 0 aromatic heterocycles. The minimum Gasteiger partial charge on any atom is -0.372 e. The second-order valence-corrected chi connectivity index (χ2v) is 10.7. The number of aryl methyl sites for hydroxylation is 1. The molecule has 38 heavy (non-hydrogen) atoms. The summed E-state index contributed by atoms with van der Waals surface area (Å²) in [5.41, 5.74) is 1.69. The molecule has 1 saturated heterocycles. The van der Waals surface area contributed by atoms with Gasteiger partial charge in [-0.3, -0.25) is 14.4 Å². The molecule has 0 unspecified atom stereocenters. The highest BCUT2D eigenvalue weighted by molar-refractivity contribution is 6.42. The van der Waals surface area contributed by atoms with Gasteiger partial charge in [-0.25, -0.2) is 0 Å². The lowest BCUT2D eigenvalue weighted by atomic mass is 9.85. The topological polar surface area (TPSA) is 63.7 Å². The fourth-order valence-corrected chi connectivity index (χ4v) is 4.89. The largest absolute Gasteiger partial charge is 0.450 e. The summed E-state index contributed by atoms with van der Waals surface area (Å²) in [7, 11) is 0. The summed E-state index contributed by atoms with van der Waals surface area (Å²) >= 11 is 12.0. The first kappa shape index (κ1) is 30.1. The minimum absolute atomic E-state index is 0.0578. The Morgan fingerprint density at radius 3 is 2.32 bits per heavy atom. The van der Waals surface area contributed by atoms with Gasteiger partial charge in [0.15, 0.2) is 5.78 Å². The molecule has 0 aliphatic carbocycles. The number of rotatable bonds is 11. The third kappa shape index (κ3) is 8.04. The van der Waals surface area contributed by atoms with Gasteiger partial charge in [0.1, 0.15) is 0 Å². The fraction of sp³-hybridized carbons (Fsp3) is 0.464. The smallest absolute Gasteiger partial charge is 0.372 e. The van der Waals surface area contributed by atoms with Crippen LogP contribution in [0.2, 0.25) is 10.0 Å². The Morgan fingerprint density at radius 2 is 1.71 bits per heavy atom. The molecule has 1 amide bonds. The first-order chi connectivity index (χ1) is 17.9. The van der Waals surface area contributed by atoms with Crippen molar-refractivity contribution in [2.75, 3.05) is 6.54 Å². The molecule has 1 heterocycles. The monoisotopic (exact) mass is 571 g/mol. The predicted molar refractivity (Wildman–Crippen MR) is 139 cm³/mol. The average Bonchev–Trinajstić information content (AvgIpc) is 3.30. The Labute approximate surface area is 230 Å². The Bertz CT molecular complexity index is 1140. The Balaban J connectivity index is 1.74. The minimum atomic E-state index is -5.04. The van der Waals surface area contributed by atoms with Gasteiger partial charge in [0.25, 0.3) is 0 Å². The van der Waals surface area contributed by atoms with Crippen molar-refractivity contribution in [2.45, 2.75) is 64.5 Å². The van der Waals surface area contributed by atoms with Crippen LogP contribution >= 0.6 is 23.2 Å². The molecule has 1 aliphatic rings. The normalized spacial score (nSPS) is 18.6.